The van der Waals surface area contributed by atoms with E-state index in [1.807, 2.05) is 24.5 Å². The number of nitrogens with zero attached hydrogens (tertiary/aromatic N) is 5. The molecule has 4 saturated carbocycles. The minimum Gasteiger partial charge on any atom is -0.398 e. The summed E-state index contributed by atoms with van der Waals surface area (Å²) in [4.78, 5) is 17.1. The monoisotopic (exact) mass is 496 g/mol. The van der Waals surface area contributed by atoms with Crippen molar-refractivity contribution in [1.82, 2.24) is 19.4 Å². The average molecular weight is 497 g/mol. The second-order valence-corrected chi connectivity index (χ2v) is 11.5. The van der Waals surface area contributed by atoms with Gasteiger partial charge in [-0.05, 0) is 75.3 Å². The number of pyridine rings is 2. The highest BCUT2D eigenvalue weighted by molar-refractivity contribution is 6.10. The van der Waals surface area contributed by atoms with Crippen LogP contribution in [0.25, 0.3) is 16.7 Å². The van der Waals surface area contributed by atoms with Crippen LogP contribution in [-0.4, -0.2) is 63.5 Å². The third kappa shape index (κ3) is 3.51. The second-order valence-electron chi connectivity index (χ2n) is 11.5. The van der Waals surface area contributed by atoms with Crippen LogP contribution in [0.2, 0.25) is 0 Å². The molecule has 2 N–H and O–H groups in total. The van der Waals surface area contributed by atoms with Crippen LogP contribution in [0.15, 0.2) is 60.0 Å². The van der Waals surface area contributed by atoms with E-state index in [2.05, 4.69) is 65.7 Å². The number of rotatable bonds is 7. The highest BCUT2D eigenvalue weighted by Crippen LogP contribution is 2.92. The second kappa shape index (κ2) is 8.50. The van der Waals surface area contributed by atoms with Gasteiger partial charge < -0.3 is 15.0 Å². The van der Waals surface area contributed by atoms with Crippen LogP contribution in [0.3, 0.4) is 0 Å². The lowest BCUT2D eigenvalue weighted by molar-refractivity contribution is 0.0150. The minimum absolute atomic E-state index is 0.101. The Bertz CT molecular complexity index is 1380. The van der Waals surface area contributed by atoms with Gasteiger partial charge in [-0.25, -0.2) is 0 Å². The molecule has 3 aromatic heterocycles. The number of allylic oxidation sites excluding steroid dienone is 1. The molecule has 6 atom stereocenters. The summed E-state index contributed by atoms with van der Waals surface area (Å²) < 4.78 is 7.84. The van der Waals surface area contributed by atoms with Gasteiger partial charge >= 0.3 is 0 Å². The Hall–Kier alpha value is -3.03. The molecular formula is C30H36N6O. The molecule has 8 rings (SSSR count). The minimum atomic E-state index is 0.101. The van der Waals surface area contributed by atoms with E-state index in [1.165, 1.54) is 12.1 Å². The van der Waals surface area contributed by atoms with Gasteiger partial charge in [-0.1, -0.05) is 6.07 Å². The van der Waals surface area contributed by atoms with Gasteiger partial charge in [-0.3, -0.25) is 19.9 Å². The molecule has 1 saturated heterocycles. The molecule has 7 nitrogen and oxygen atoms in total. The van der Waals surface area contributed by atoms with Crippen LogP contribution in [0.4, 0.5) is 0 Å². The lowest BCUT2D eigenvalue weighted by atomic mass is 9.97. The number of fused-ring (bicyclic) bond motifs is 2. The lowest BCUT2D eigenvalue weighted by Crippen LogP contribution is -2.43. The maximum atomic E-state index is 6.79. The molecule has 0 radical (unpaired) electrons. The number of hydrogen-bond acceptors (Lipinski definition) is 6. The molecular weight excluding hydrogens is 460 g/mol. The third-order valence-corrected chi connectivity index (χ3v) is 9.31. The van der Waals surface area contributed by atoms with Crippen molar-refractivity contribution in [1.29, 1.82) is 0 Å². The molecule has 5 aliphatic rings. The first-order valence-electron chi connectivity index (χ1n) is 13.7. The van der Waals surface area contributed by atoms with Crippen LogP contribution in [0.5, 0.6) is 0 Å². The van der Waals surface area contributed by atoms with Crippen LogP contribution in [0.1, 0.15) is 44.5 Å². The smallest absolute Gasteiger partial charge is 0.0881 e. The Morgan fingerprint density at radius 1 is 1.16 bits per heavy atom. The van der Waals surface area contributed by atoms with Gasteiger partial charge in [-0.15, -0.1) is 0 Å². The summed E-state index contributed by atoms with van der Waals surface area (Å²) in [5.74, 6) is 2.29. The fourth-order valence-electron chi connectivity index (χ4n) is 7.55. The first kappa shape index (κ1) is 23.1. The zero-order valence-corrected chi connectivity index (χ0v) is 21.9. The van der Waals surface area contributed by atoms with Gasteiger partial charge in [0.1, 0.15) is 0 Å². The molecule has 0 aromatic carbocycles. The summed E-state index contributed by atoms with van der Waals surface area (Å²) in [6, 6.07) is 11.3. The van der Waals surface area contributed by atoms with E-state index in [9.17, 15) is 0 Å². The van der Waals surface area contributed by atoms with Crippen molar-refractivity contribution >= 4 is 22.4 Å². The molecule has 5 fully saturated rings. The van der Waals surface area contributed by atoms with E-state index in [0.29, 0.717) is 6.04 Å². The number of morpholine rings is 1. The van der Waals surface area contributed by atoms with Gasteiger partial charge in [0.15, 0.2) is 0 Å². The largest absolute Gasteiger partial charge is 0.398 e. The van der Waals surface area contributed by atoms with Crippen molar-refractivity contribution in [3.63, 3.8) is 0 Å². The Morgan fingerprint density at radius 2 is 2.00 bits per heavy atom. The fraction of sp³-hybridized carbons (Fsp3) is 0.500. The molecule has 2 bridgehead atoms. The molecule has 6 unspecified atom stereocenters. The van der Waals surface area contributed by atoms with Crippen LogP contribution >= 0.6 is 0 Å². The van der Waals surface area contributed by atoms with E-state index in [0.717, 1.165) is 72.0 Å². The van der Waals surface area contributed by atoms with E-state index in [-0.39, 0.29) is 17.5 Å². The molecule has 7 heteroatoms. The lowest BCUT2D eigenvalue weighted by Gasteiger charge is -2.32. The van der Waals surface area contributed by atoms with E-state index in [4.69, 9.17) is 20.4 Å². The van der Waals surface area contributed by atoms with Crippen molar-refractivity contribution in [3.05, 3.63) is 66.3 Å². The first-order chi connectivity index (χ1) is 18.0. The number of nitrogens with two attached hydrogens (primary N) is 1. The zero-order valence-electron chi connectivity index (χ0n) is 21.9. The quantitative estimate of drug-likeness (QED) is 0.497. The Balaban J connectivity index is 1.19. The Morgan fingerprint density at radius 3 is 2.73 bits per heavy atom. The number of ether oxygens (including phenoxy) is 1. The first-order valence-corrected chi connectivity index (χ1v) is 13.7. The summed E-state index contributed by atoms with van der Waals surface area (Å²) in [6.45, 7) is 10.4. The van der Waals surface area contributed by atoms with Crippen molar-refractivity contribution < 1.29 is 4.74 Å². The highest BCUT2D eigenvalue weighted by Gasteiger charge is 2.93. The van der Waals surface area contributed by atoms with Crippen molar-refractivity contribution in [2.75, 3.05) is 26.3 Å². The SMILES string of the molecule is CC(C)N=C(C=C(N)c1cnc2ccn(C(C)c3ccccn3)c2c1)C12C3CC(N4CCOCC4)C1C32. The highest BCUT2D eigenvalue weighted by atomic mass is 16.5. The van der Waals surface area contributed by atoms with Gasteiger partial charge in [-0.2, -0.15) is 0 Å². The summed E-state index contributed by atoms with van der Waals surface area (Å²) in [6.07, 6.45) is 9.31. The van der Waals surface area contributed by atoms with E-state index in [1.54, 1.807) is 0 Å². The molecule has 0 amide bonds. The van der Waals surface area contributed by atoms with Gasteiger partial charge in [0.25, 0.3) is 0 Å². The normalized spacial score (nSPS) is 32.1. The van der Waals surface area contributed by atoms with E-state index >= 15 is 0 Å². The zero-order chi connectivity index (χ0) is 25.3. The summed E-state index contributed by atoms with van der Waals surface area (Å²) in [7, 11) is 0. The number of hydrogen-bond donors (Lipinski definition) is 1. The maximum Gasteiger partial charge on any atom is 0.0881 e. The summed E-state index contributed by atoms with van der Waals surface area (Å²) in [5.41, 5.74) is 13.0. The van der Waals surface area contributed by atoms with Crippen LogP contribution in [0, 0.1) is 23.2 Å². The molecule has 37 heavy (non-hydrogen) atoms. The maximum absolute atomic E-state index is 6.79. The topological polar surface area (TPSA) is 81.6 Å². The van der Waals surface area contributed by atoms with Gasteiger partial charge in [0.05, 0.1) is 36.0 Å². The van der Waals surface area contributed by atoms with Crippen molar-refractivity contribution in [3.8, 4) is 0 Å². The van der Waals surface area contributed by atoms with E-state index < -0.39 is 0 Å². The predicted octanol–water partition coefficient (Wildman–Crippen LogP) is 4.16. The van der Waals surface area contributed by atoms with Crippen LogP contribution in [-0.2, 0) is 4.74 Å². The summed E-state index contributed by atoms with van der Waals surface area (Å²) >= 11 is 0. The Labute approximate surface area is 218 Å². The molecule has 0 spiro atoms. The molecule has 4 heterocycles. The number of aliphatic imine (C=N–C) groups is 1. The standard InChI is InChI=1S/C30H36N6O/c1-18(2)34-27(30-21-15-26(29(30)28(21)30)35-10-12-37-13-11-35)16-22(31)20-14-25-24(33-17-20)7-9-36(25)19(3)23-6-4-5-8-32-23/h4-9,14,16-19,21,26,28-29H,10-13,15,31H2,1-3H3. The van der Waals surface area contributed by atoms with Crippen molar-refractivity contribution in [2.45, 2.75) is 45.3 Å². The van der Waals surface area contributed by atoms with Gasteiger partial charge in [0.2, 0.25) is 0 Å². The number of aromatic nitrogens is 3. The molecule has 3 aromatic rings. The Kier molecular flexibility index (Phi) is 5.31. The molecule has 192 valence electrons. The van der Waals surface area contributed by atoms with Crippen LogP contribution < -0.4 is 5.73 Å². The fourth-order valence-corrected chi connectivity index (χ4v) is 7.55. The van der Waals surface area contributed by atoms with Crippen molar-refractivity contribution in [2.24, 2.45) is 33.9 Å². The molecule has 4 aliphatic carbocycles. The average Bonchev–Trinajstić information content (AvgIpc) is 3.50. The summed E-state index contributed by atoms with van der Waals surface area (Å²) in [5, 5.41) is 0. The molecule has 1 aliphatic heterocycles. The third-order valence-electron chi connectivity index (χ3n) is 9.31. The van der Waals surface area contributed by atoms with Gasteiger partial charge in [0, 0.05) is 66.2 Å². The predicted molar refractivity (Wildman–Crippen MR) is 146 cm³/mol.